The van der Waals surface area contributed by atoms with Crippen LogP contribution < -0.4 is 5.73 Å². The fraction of sp³-hybridized carbons (Fsp3) is 0.625. The quantitative estimate of drug-likeness (QED) is 0.228. The zero-order chi connectivity index (χ0) is 31.8. The maximum Gasteiger partial charge on any atom is 0.192 e. The minimum atomic E-state index is -2.30. The number of Topliss-reactive ketones (excluding diaryl/α,β-unsaturated/α-hetero) is 1. The number of anilines is 1. The Morgan fingerprint density at radius 3 is 2.26 bits per heavy atom. The van der Waals surface area contributed by atoms with Crippen LogP contribution in [0.15, 0.2) is 43.0 Å². The van der Waals surface area contributed by atoms with E-state index in [0.717, 1.165) is 5.56 Å². The number of imidazole rings is 1. The molecule has 1 aliphatic rings. The third-order valence-corrected chi connectivity index (χ3v) is 18.8. The summed E-state index contributed by atoms with van der Waals surface area (Å²) in [6.45, 7) is 22.7. The van der Waals surface area contributed by atoms with Gasteiger partial charge in [0.15, 0.2) is 34.3 Å². The molecule has 43 heavy (non-hydrogen) atoms. The van der Waals surface area contributed by atoms with Crippen molar-refractivity contribution in [3.05, 3.63) is 48.5 Å². The second-order valence-electron chi connectivity index (χ2n) is 15.0. The molecule has 3 heterocycles. The average Bonchev–Trinajstić information content (AvgIpc) is 3.48. The molecule has 0 saturated carbocycles. The number of fused-ring (bicyclic) bond motifs is 1. The molecule has 236 valence electrons. The van der Waals surface area contributed by atoms with Crippen molar-refractivity contribution in [2.24, 2.45) is 5.92 Å². The second kappa shape index (κ2) is 12.5. The van der Waals surface area contributed by atoms with E-state index >= 15 is 0 Å². The highest BCUT2D eigenvalue weighted by Crippen LogP contribution is 2.46. The van der Waals surface area contributed by atoms with Crippen LogP contribution in [0.2, 0.25) is 36.3 Å². The molecule has 11 heteroatoms. The minimum absolute atomic E-state index is 0.0397. The molecule has 1 aromatic carbocycles. The number of hydrogen-bond donors (Lipinski definition) is 1. The Balaban J connectivity index is 1.72. The van der Waals surface area contributed by atoms with Gasteiger partial charge in [-0.1, -0.05) is 71.9 Å². The van der Waals surface area contributed by atoms with Crippen LogP contribution in [0.1, 0.15) is 66.2 Å². The topological polar surface area (TPSA) is 114 Å². The van der Waals surface area contributed by atoms with Crippen molar-refractivity contribution >= 4 is 39.4 Å². The fourth-order valence-electron chi connectivity index (χ4n) is 4.93. The van der Waals surface area contributed by atoms with Crippen molar-refractivity contribution in [1.29, 1.82) is 0 Å². The Bertz CT molecular complexity index is 1400. The number of benzene rings is 1. The van der Waals surface area contributed by atoms with Crippen molar-refractivity contribution < 1.29 is 18.4 Å². The lowest BCUT2D eigenvalue weighted by Gasteiger charge is -2.41. The van der Waals surface area contributed by atoms with Crippen molar-refractivity contribution in [1.82, 2.24) is 19.5 Å². The van der Waals surface area contributed by atoms with Crippen LogP contribution in [-0.4, -0.2) is 60.8 Å². The Hall–Kier alpha value is -2.45. The number of nitrogens with zero attached hydrogens (tertiary/aromatic N) is 4. The van der Waals surface area contributed by atoms with Gasteiger partial charge >= 0.3 is 0 Å². The molecule has 1 aliphatic heterocycles. The first-order chi connectivity index (χ1) is 19.9. The average molecular weight is 626 g/mol. The van der Waals surface area contributed by atoms with Crippen LogP contribution in [-0.2, 0) is 24.8 Å². The highest BCUT2D eigenvalue weighted by Gasteiger charge is 2.52. The van der Waals surface area contributed by atoms with Gasteiger partial charge in [0.05, 0.1) is 25.1 Å². The Labute approximate surface area is 259 Å². The SMILES string of the molecule is CC(C)(C)[Si](C)(C)OC[C@H]1O[C@@H](n2cnc3c(N)ncnc32)[C@H](O[Si](C)(C)C(C)(C)C)[C@@H]1CC(=O)CCc1ccccc1. The minimum Gasteiger partial charge on any atom is -0.414 e. The second-order valence-corrected chi connectivity index (χ2v) is 24.5. The first kappa shape index (κ1) is 33.4. The lowest BCUT2D eigenvalue weighted by molar-refractivity contribution is -0.121. The maximum atomic E-state index is 13.6. The molecule has 1 saturated heterocycles. The van der Waals surface area contributed by atoms with Gasteiger partial charge < -0.3 is 19.3 Å². The van der Waals surface area contributed by atoms with Gasteiger partial charge in [0, 0.05) is 18.8 Å². The Morgan fingerprint density at radius 2 is 1.63 bits per heavy atom. The third kappa shape index (κ3) is 7.45. The van der Waals surface area contributed by atoms with Gasteiger partial charge in [0.2, 0.25) is 0 Å². The maximum absolute atomic E-state index is 13.6. The molecule has 3 aromatic rings. The van der Waals surface area contributed by atoms with Crippen molar-refractivity contribution in [2.45, 2.75) is 116 Å². The summed E-state index contributed by atoms with van der Waals surface area (Å²) in [6.07, 6.45) is 3.37. The highest BCUT2D eigenvalue weighted by atomic mass is 28.4. The number of nitrogens with two attached hydrogens (primary N) is 1. The van der Waals surface area contributed by atoms with Crippen LogP contribution in [0.25, 0.3) is 11.2 Å². The molecule has 1 fully saturated rings. The molecule has 4 atom stereocenters. The summed E-state index contributed by atoms with van der Waals surface area (Å²) >= 11 is 0. The summed E-state index contributed by atoms with van der Waals surface area (Å²) in [7, 11) is -4.39. The molecule has 2 N–H and O–H groups in total. The lowest BCUT2D eigenvalue weighted by Crippen LogP contribution is -2.48. The van der Waals surface area contributed by atoms with Crippen molar-refractivity contribution in [3.8, 4) is 0 Å². The lowest BCUT2D eigenvalue weighted by atomic mass is 9.90. The molecule has 4 rings (SSSR count). The first-order valence-electron chi connectivity index (χ1n) is 15.4. The van der Waals surface area contributed by atoms with Gasteiger partial charge in [-0.2, -0.15) is 0 Å². The number of carbonyl (C=O) groups is 1. The number of nitrogen functional groups attached to an aromatic ring is 1. The monoisotopic (exact) mass is 625 g/mol. The number of aromatic nitrogens is 4. The Morgan fingerprint density at radius 1 is 0.977 bits per heavy atom. The molecular weight excluding hydrogens is 575 g/mol. The van der Waals surface area contributed by atoms with Crippen molar-refractivity contribution in [3.63, 3.8) is 0 Å². The molecule has 0 unspecified atom stereocenters. The fourth-order valence-corrected chi connectivity index (χ4v) is 7.27. The van der Waals surface area contributed by atoms with E-state index in [1.54, 1.807) is 6.33 Å². The Kier molecular flexibility index (Phi) is 9.73. The van der Waals surface area contributed by atoms with Gasteiger partial charge in [0.1, 0.15) is 17.6 Å². The van der Waals surface area contributed by atoms with Gasteiger partial charge in [-0.05, 0) is 48.2 Å². The number of aryl methyl sites for hydroxylation is 1. The number of carbonyl (C=O) groups excluding carboxylic acids is 1. The summed E-state index contributed by atoms with van der Waals surface area (Å²) in [5.74, 6) is 0.305. The predicted octanol–water partition coefficient (Wildman–Crippen LogP) is 6.93. The van der Waals surface area contributed by atoms with E-state index in [0.29, 0.717) is 42.9 Å². The van der Waals surface area contributed by atoms with Crippen LogP contribution >= 0.6 is 0 Å². The summed E-state index contributed by atoms with van der Waals surface area (Å²) < 4.78 is 22.7. The summed E-state index contributed by atoms with van der Waals surface area (Å²) in [4.78, 5) is 26.8. The van der Waals surface area contributed by atoms with Gasteiger partial charge in [-0.15, -0.1) is 0 Å². The normalized spacial score (nSPS) is 21.9. The zero-order valence-corrected chi connectivity index (χ0v) is 29.7. The molecule has 0 amide bonds. The smallest absolute Gasteiger partial charge is 0.192 e. The predicted molar refractivity (Wildman–Crippen MR) is 177 cm³/mol. The van der Waals surface area contributed by atoms with Crippen LogP contribution in [0.5, 0.6) is 0 Å². The van der Waals surface area contributed by atoms with E-state index < -0.39 is 29.0 Å². The molecule has 0 bridgehead atoms. The van der Waals surface area contributed by atoms with Crippen molar-refractivity contribution in [2.75, 3.05) is 12.3 Å². The van der Waals surface area contributed by atoms with Crippen LogP contribution in [0.3, 0.4) is 0 Å². The standard InChI is InChI=1S/C32H51N5O4Si2/c1-31(2,3)42(7,8)39-19-25-24(18-23(38)17-16-22-14-12-11-13-15-22)27(41-43(9,10)32(4,5)6)30(40-25)37-21-36-26-28(33)34-20-35-29(26)37/h11-15,20-21,24-25,27,30H,16-19H2,1-10H3,(H2,33,34,35)/t24-,25-,27-,30-/m1/s1. The molecule has 9 nitrogen and oxygen atoms in total. The first-order valence-corrected chi connectivity index (χ1v) is 21.2. The summed E-state index contributed by atoms with van der Waals surface area (Å²) in [5, 5.41) is -0.00318. The highest BCUT2D eigenvalue weighted by molar-refractivity contribution is 6.74. The molecule has 0 radical (unpaired) electrons. The number of ether oxygens (including phenoxy) is 1. The number of rotatable bonds is 11. The van der Waals surface area contributed by atoms with E-state index in [9.17, 15) is 4.79 Å². The largest absolute Gasteiger partial charge is 0.414 e. The van der Waals surface area contributed by atoms with Crippen LogP contribution in [0.4, 0.5) is 5.82 Å². The molecule has 0 spiro atoms. The zero-order valence-electron chi connectivity index (χ0n) is 27.7. The third-order valence-electron chi connectivity index (χ3n) is 9.81. The van der Waals surface area contributed by atoms with Gasteiger partial charge in [0.25, 0.3) is 0 Å². The van der Waals surface area contributed by atoms with E-state index in [-0.39, 0.29) is 27.9 Å². The molecule has 2 aromatic heterocycles. The summed E-state index contributed by atoms with van der Waals surface area (Å²) in [5.41, 5.74) is 8.41. The number of ketones is 1. The van der Waals surface area contributed by atoms with E-state index in [1.807, 2.05) is 22.8 Å². The number of hydrogen-bond acceptors (Lipinski definition) is 8. The molecule has 0 aliphatic carbocycles. The van der Waals surface area contributed by atoms with E-state index in [2.05, 4.69) is 94.8 Å². The van der Waals surface area contributed by atoms with E-state index in [1.165, 1.54) is 6.33 Å². The van der Waals surface area contributed by atoms with Gasteiger partial charge in [-0.25, -0.2) is 15.0 Å². The molecular formula is C32H51N5O4Si2. The van der Waals surface area contributed by atoms with E-state index in [4.69, 9.17) is 19.3 Å². The summed E-state index contributed by atoms with van der Waals surface area (Å²) in [6, 6.07) is 10.2. The van der Waals surface area contributed by atoms with Gasteiger partial charge in [-0.3, -0.25) is 9.36 Å². The van der Waals surface area contributed by atoms with Crippen LogP contribution in [0, 0.1) is 5.92 Å².